The predicted octanol–water partition coefficient (Wildman–Crippen LogP) is 0.986. The lowest BCUT2D eigenvalue weighted by molar-refractivity contribution is 0.318. The molecule has 0 saturated heterocycles. The van der Waals surface area contributed by atoms with Crippen molar-refractivity contribution in [1.82, 2.24) is 0 Å². The van der Waals surface area contributed by atoms with Gasteiger partial charge in [0.15, 0.2) is 5.84 Å². The molecule has 0 bridgehead atoms. The van der Waals surface area contributed by atoms with Crippen molar-refractivity contribution in [3.63, 3.8) is 0 Å². The number of oxime groups is 1. The number of benzene rings is 1. The first-order valence-corrected chi connectivity index (χ1v) is 4.01. The first kappa shape index (κ1) is 10.3. The standard InChI is InChI=1S/C9H12FN3O/c1-13(2)8-4-3-6(5-7(8)10)9(11)12-14/h3-5,14H,1-2H3,(H2,11,12). The summed E-state index contributed by atoms with van der Waals surface area (Å²) < 4.78 is 13.4. The minimum absolute atomic E-state index is 0.103. The van der Waals surface area contributed by atoms with E-state index < -0.39 is 5.82 Å². The van der Waals surface area contributed by atoms with Crippen molar-refractivity contribution in [3.05, 3.63) is 29.6 Å². The van der Waals surface area contributed by atoms with Crippen LogP contribution in [0.3, 0.4) is 0 Å². The molecule has 0 radical (unpaired) electrons. The van der Waals surface area contributed by atoms with Gasteiger partial charge in [0, 0.05) is 19.7 Å². The maximum Gasteiger partial charge on any atom is 0.170 e. The Balaban J connectivity index is 3.13. The van der Waals surface area contributed by atoms with E-state index in [1.54, 1.807) is 31.1 Å². The summed E-state index contributed by atoms with van der Waals surface area (Å²) in [6, 6.07) is 4.39. The van der Waals surface area contributed by atoms with Crippen LogP contribution in [0.1, 0.15) is 5.56 Å². The maximum atomic E-state index is 13.4. The molecule has 1 aromatic rings. The number of amidine groups is 1. The van der Waals surface area contributed by atoms with Gasteiger partial charge in [-0.1, -0.05) is 5.16 Å². The molecule has 0 aliphatic heterocycles. The molecule has 76 valence electrons. The third-order valence-electron chi connectivity index (χ3n) is 1.83. The van der Waals surface area contributed by atoms with E-state index in [-0.39, 0.29) is 5.84 Å². The zero-order valence-corrected chi connectivity index (χ0v) is 8.03. The highest BCUT2D eigenvalue weighted by Crippen LogP contribution is 2.17. The average molecular weight is 197 g/mol. The topological polar surface area (TPSA) is 61.8 Å². The summed E-state index contributed by atoms with van der Waals surface area (Å²) in [6.45, 7) is 0. The highest BCUT2D eigenvalue weighted by Gasteiger charge is 2.07. The third kappa shape index (κ3) is 1.93. The van der Waals surface area contributed by atoms with E-state index in [0.717, 1.165) is 0 Å². The van der Waals surface area contributed by atoms with Gasteiger partial charge in [0.05, 0.1) is 5.69 Å². The van der Waals surface area contributed by atoms with E-state index in [1.165, 1.54) is 6.07 Å². The number of halogens is 1. The highest BCUT2D eigenvalue weighted by molar-refractivity contribution is 5.97. The summed E-state index contributed by atoms with van der Waals surface area (Å²) in [7, 11) is 3.48. The molecule has 0 atom stereocenters. The monoisotopic (exact) mass is 197 g/mol. The van der Waals surface area contributed by atoms with E-state index in [2.05, 4.69) is 5.16 Å². The van der Waals surface area contributed by atoms with Gasteiger partial charge >= 0.3 is 0 Å². The fourth-order valence-corrected chi connectivity index (χ4v) is 1.09. The minimum atomic E-state index is -0.404. The molecule has 14 heavy (non-hydrogen) atoms. The van der Waals surface area contributed by atoms with E-state index in [0.29, 0.717) is 11.3 Å². The Kier molecular flexibility index (Phi) is 2.91. The van der Waals surface area contributed by atoms with Crippen molar-refractivity contribution >= 4 is 11.5 Å². The van der Waals surface area contributed by atoms with Crippen LogP contribution in [0.2, 0.25) is 0 Å². The van der Waals surface area contributed by atoms with Crippen LogP contribution in [0.15, 0.2) is 23.4 Å². The van der Waals surface area contributed by atoms with Gasteiger partial charge < -0.3 is 15.8 Å². The largest absolute Gasteiger partial charge is 0.409 e. The van der Waals surface area contributed by atoms with Gasteiger partial charge in [-0.15, -0.1) is 0 Å². The number of anilines is 1. The van der Waals surface area contributed by atoms with Crippen LogP contribution in [0.4, 0.5) is 10.1 Å². The van der Waals surface area contributed by atoms with Crippen molar-refractivity contribution in [2.75, 3.05) is 19.0 Å². The van der Waals surface area contributed by atoms with Crippen molar-refractivity contribution in [1.29, 1.82) is 0 Å². The number of hydrogen-bond acceptors (Lipinski definition) is 3. The summed E-state index contributed by atoms with van der Waals surface area (Å²) in [6.07, 6.45) is 0. The van der Waals surface area contributed by atoms with Crippen molar-refractivity contribution < 1.29 is 9.60 Å². The van der Waals surface area contributed by atoms with Gasteiger partial charge in [-0.3, -0.25) is 0 Å². The Labute approximate surface area is 81.4 Å². The third-order valence-corrected chi connectivity index (χ3v) is 1.83. The summed E-state index contributed by atoms with van der Waals surface area (Å²) >= 11 is 0. The fourth-order valence-electron chi connectivity index (χ4n) is 1.09. The minimum Gasteiger partial charge on any atom is -0.409 e. The van der Waals surface area contributed by atoms with Gasteiger partial charge in [0.1, 0.15) is 5.82 Å². The molecule has 0 fully saturated rings. The van der Waals surface area contributed by atoms with Gasteiger partial charge in [-0.25, -0.2) is 4.39 Å². The maximum absolute atomic E-state index is 13.4. The quantitative estimate of drug-likeness (QED) is 0.321. The lowest BCUT2D eigenvalue weighted by atomic mass is 10.2. The zero-order valence-electron chi connectivity index (χ0n) is 8.03. The smallest absolute Gasteiger partial charge is 0.170 e. The van der Waals surface area contributed by atoms with Crippen LogP contribution in [-0.2, 0) is 0 Å². The molecule has 1 rings (SSSR count). The van der Waals surface area contributed by atoms with E-state index in [4.69, 9.17) is 10.9 Å². The van der Waals surface area contributed by atoms with Crippen LogP contribution < -0.4 is 10.6 Å². The Hall–Kier alpha value is -1.78. The molecule has 0 aliphatic carbocycles. The van der Waals surface area contributed by atoms with E-state index >= 15 is 0 Å². The Bertz CT molecular complexity index is 363. The Morgan fingerprint density at radius 3 is 2.57 bits per heavy atom. The molecule has 5 heteroatoms. The first-order chi connectivity index (χ1) is 6.56. The molecule has 0 aliphatic rings. The molecule has 0 amide bonds. The number of nitrogens with zero attached hydrogens (tertiary/aromatic N) is 2. The molecule has 0 aromatic heterocycles. The van der Waals surface area contributed by atoms with E-state index in [9.17, 15) is 4.39 Å². The van der Waals surface area contributed by atoms with Crippen molar-refractivity contribution in [3.8, 4) is 0 Å². The zero-order chi connectivity index (χ0) is 10.7. The van der Waals surface area contributed by atoms with Crippen LogP contribution in [0, 0.1) is 5.82 Å². The molecule has 0 unspecified atom stereocenters. The second-order valence-electron chi connectivity index (χ2n) is 3.05. The average Bonchev–Trinajstić information content (AvgIpc) is 2.15. The van der Waals surface area contributed by atoms with Crippen molar-refractivity contribution in [2.45, 2.75) is 0 Å². The molecule has 0 spiro atoms. The fraction of sp³-hybridized carbons (Fsp3) is 0.222. The highest BCUT2D eigenvalue weighted by atomic mass is 19.1. The number of rotatable bonds is 2. The molecule has 0 heterocycles. The van der Waals surface area contributed by atoms with Crippen LogP contribution >= 0.6 is 0 Å². The van der Waals surface area contributed by atoms with Crippen LogP contribution in [-0.4, -0.2) is 25.1 Å². The molecule has 4 nitrogen and oxygen atoms in total. The van der Waals surface area contributed by atoms with Crippen LogP contribution in [0.25, 0.3) is 0 Å². The molecule has 3 N–H and O–H groups in total. The van der Waals surface area contributed by atoms with Gasteiger partial charge in [-0.05, 0) is 18.2 Å². The summed E-state index contributed by atoms with van der Waals surface area (Å²) in [5.41, 5.74) is 6.12. The molecule has 1 aromatic carbocycles. The Morgan fingerprint density at radius 1 is 1.50 bits per heavy atom. The normalized spacial score (nSPS) is 11.5. The number of hydrogen-bond donors (Lipinski definition) is 2. The van der Waals surface area contributed by atoms with Crippen LogP contribution in [0.5, 0.6) is 0 Å². The lowest BCUT2D eigenvalue weighted by Gasteiger charge is -2.13. The predicted molar refractivity (Wildman–Crippen MR) is 53.2 cm³/mol. The summed E-state index contributed by atoms with van der Waals surface area (Å²) in [4.78, 5) is 1.64. The molecule has 0 saturated carbocycles. The van der Waals surface area contributed by atoms with Crippen molar-refractivity contribution in [2.24, 2.45) is 10.9 Å². The van der Waals surface area contributed by atoms with E-state index in [1.807, 2.05) is 0 Å². The Morgan fingerprint density at radius 2 is 2.14 bits per heavy atom. The second-order valence-corrected chi connectivity index (χ2v) is 3.05. The first-order valence-electron chi connectivity index (χ1n) is 4.01. The number of nitrogens with two attached hydrogens (primary N) is 1. The SMILES string of the molecule is CN(C)c1ccc(/C(N)=N/O)cc1F. The van der Waals surface area contributed by atoms with Gasteiger partial charge in [-0.2, -0.15) is 0 Å². The molecular formula is C9H12FN3O. The lowest BCUT2D eigenvalue weighted by Crippen LogP contribution is -2.15. The second kappa shape index (κ2) is 3.95. The summed E-state index contributed by atoms with van der Waals surface area (Å²) in [5.74, 6) is -0.506. The summed E-state index contributed by atoms with van der Waals surface area (Å²) in [5, 5.41) is 11.2. The van der Waals surface area contributed by atoms with Gasteiger partial charge in [0.2, 0.25) is 0 Å². The van der Waals surface area contributed by atoms with Gasteiger partial charge in [0.25, 0.3) is 0 Å². The molecular weight excluding hydrogens is 185 g/mol.